The molecule has 1 unspecified atom stereocenters. The quantitative estimate of drug-likeness (QED) is 0.0261. The van der Waals surface area contributed by atoms with Crippen LogP contribution in [0.1, 0.15) is 400 Å². The minimum Gasteiger partial charge on any atom is -0.462 e. The van der Waals surface area contributed by atoms with Crippen molar-refractivity contribution in [3.05, 3.63) is 48.6 Å². The van der Waals surface area contributed by atoms with Gasteiger partial charge < -0.3 is 14.2 Å². The van der Waals surface area contributed by atoms with Crippen LogP contribution in [0, 0.1) is 0 Å². The Balaban J connectivity index is 4.13. The van der Waals surface area contributed by atoms with E-state index in [0.717, 1.165) is 77.0 Å². The molecule has 0 amide bonds. The van der Waals surface area contributed by atoms with Gasteiger partial charge in [-0.3, -0.25) is 14.4 Å². The zero-order valence-corrected chi connectivity index (χ0v) is 55.3. The van der Waals surface area contributed by atoms with Crippen molar-refractivity contribution in [3.8, 4) is 0 Å². The molecule has 0 aliphatic heterocycles. The predicted molar refractivity (Wildman–Crippen MR) is 358 cm³/mol. The van der Waals surface area contributed by atoms with Crippen LogP contribution in [0.4, 0.5) is 0 Å². The average Bonchev–Trinajstić information content (AvgIpc) is 3.48. The number of hydrogen-bond acceptors (Lipinski definition) is 6. The minimum atomic E-state index is -0.774. The van der Waals surface area contributed by atoms with Gasteiger partial charge in [0.1, 0.15) is 13.2 Å². The number of carbonyl (C=O) groups excluding carboxylic acids is 3. The third-order valence-corrected chi connectivity index (χ3v) is 16.6. The zero-order valence-electron chi connectivity index (χ0n) is 55.3. The summed E-state index contributed by atoms with van der Waals surface area (Å²) in [5.74, 6) is -0.853. The molecule has 6 nitrogen and oxygen atoms in total. The molecule has 0 aromatic rings. The number of unbranched alkanes of at least 4 members (excludes halogenated alkanes) is 49. The van der Waals surface area contributed by atoms with Crippen LogP contribution >= 0.6 is 0 Å². The molecule has 0 spiro atoms. The number of ether oxygens (including phenoxy) is 3. The normalized spacial score (nSPS) is 12.3. The number of carbonyl (C=O) groups is 3. The number of rotatable bonds is 68. The van der Waals surface area contributed by atoms with Crippen molar-refractivity contribution in [1.29, 1.82) is 0 Å². The van der Waals surface area contributed by atoms with E-state index in [9.17, 15) is 14.4 Å². The van der Waals surface area contributed by atoms with Crippen molar-refractivity contribution in [1.82, 2.24) is 0 Å². The average molecular weight is 1150 g/mol. The van der Waals surface area contributed by atoms with Gasteiger partial charge in [-0.1, -0.05) is 352 Å². The summed E-state index contributed by atoms with van der Waals surface area (Å²) >= 11 is 0. The van der Waals surface area contributed by atoms with E-state index in [2.05, 4.69) is 69.4 Å². The van der Waals surface area contributed by atoms with E-state index in [1.54, 1.807) is 0 Å². The molecule has 0 radical (unpaired) electrons. The summed E-state index contributed by atoms with van der Waals surface area (Å²) in [4.78, 5) is 38.4. The lowest BCUT2D eigenvalue weighted by Crippen LogP contribution is -2.30. The van der Waals surface area contributed by atoms with Gasteiger partial charge >= 0.3 is 17.9 Å². The lowest BCUT2D eigenvalue weighted by molar-refractivity contribution is -0.167. The van der Waals surface area contributed by atoms with Crippen molar-refractivity contribution in [2.75, 3.05) is 13.2 Å². The SMILES string of the molecule is CCCC/C=C\CCCCCCCC(=O)OCC(COC(=O)CCCCCCCCCCCCCCCCCC/C=C\C/C=C\C/C=C\CCCCCCC)OC(=O)CCCCCCCCCCCCCCCCCCCCCCCC. The molecule has 82 heavy (non-hydrogen) atoms. The Labute approximate surface area is 511 Å². The number of esters is 3. The Bertz CT molecular complexity index is 1410. The van der Waals surface area contributed by atoms with Gasteiger partial charge in [-0.05, 0) is 77.0 Å². The molecule has 0 rings (SSSR count). The van der Waals surface area contributed by atoms with Crippen LogP contribution in [0.15, 0.2) is 48.6 Å². The number of hydrogen-bond donors (Lipinski definition) is 0. The molecule has 0 aromatic heterocycles. The van der Waals surface area contributed by atoms with Crippen LogP contribution < -0.4 is 0 Å². The Morgan fingerprint density at radius 1 is 0.244 bits per heavy atom. The zero-order chi connectivity index (χ0) is 59.2. The van der Waals surface area contributed by atoms with Crippen molar-refractivity contribution >= 4 is 17.9 Å². The van der Waals surface area contributed by atoms with E-state index in [0.29, 0.717) is 19.3 Å². The van der Waals surface area contributed by atoms with E-state index < -0.39 is 6.10 Å². The lowest BCUT2D eigenvalue weighted by atomic mass is 10.0. The van der Waals surface area contributed by atoms with Crippen LogP contribution in [0.5, 0.6) is 0 Å². The number of allylic oxidation sites excluding steroid dienone is 8. The standard InChI is InChI=1S/C76H140O6/c1-4-7-10-13-16-19-22-24-26-28-30-32-34-35-36-37-38-39-40-41-42-44-45-47-49-51-54-57-60-63-66-69-75(78)81-72-73(71-80-74(77)68-65-62-59-56-53-21-18-15-12-9-6-3)82-76(79)70-67-64-61-58-55-52-50-48-46-43-33-31-29-27-25-23-20-17-14-11-8-5-2/h15,18,22,24,28,30,34-35,73H,4-14,16-17,19-21,23,25-27,29,31-33,36-72H2,1-3H3/b18-15-,24-22-,30-28-,35-34-. The molecule has 0 heterocycles. The van der Waals surface area contributed by atoms with Crippen LogP contribution in [0.3, 0.4) is 0 Å². The summed E-state index contributed by atoms with van der Waals surface area (Å²) in [5, 5.41) is 0. The smallest absolute Gasteiger partial charge is 0.306 e. The molecule has 0 fully saturated rings. The molecule has 1 atom stereocenters. The van der Waals surface area contributed by atoms with Crippen molar-refractivity contribution < 1.29 is 28.6 Å². The van der Waals surface area contributed by atoms with E-state index in [1.165, 1.54) is 283 Å². The van der Waals surface area contributed by atoms with Gasteiger partial charge in [-0.25, -0.2) is 0 Å². The summed E-state index contributed by atoms with van der Waals surface area (Å²) in [6.45, 7) is 6.65. The largest absolute Gasteiger partial charge is 0.462 e. The summed E-state index contributed by atoms with van der Waals surface area (Å²) < 4.78 is 17.0. The molecule has 0 saturated heterocycles. The van der Waals surface area contributed by atoms with E-state index in [-0.39, 0.29) is 31.1 Å². The third-order valence-electron chi connectivity index (χ3n) is 16.6. The fraction of sp³-hybridized carbons (Fsp3) is 0.855. The highest BCUT2D eigenvalue weighted by atomic mass is 16.6. The highest BCUT2D eigenvalue weighted by Gasteiger charge is 2.19. The van der Waals surface area contributed by atoms with Gasteiger partial charge in [-0.15, -0.1) is 0 Å². The fourth-order valence-electron chi connectivity index (χ4n) is 11.0. The van der Waals surface area contributed by atoms with Crippen molar-refractivity contribution in [2.24, 2.45) is 0 Å². The maximum atomic E-state index is 12.9. The van der Waals surface area contributed by atoms with E-state index in [1.807, 2.05) is 0 Å². The molecule has 0 aliphatic rings. The summed E-state index contributed by atoms with van der Waals surface area (Å²) in [6, 6.07) is 0. The second-order valence-electron chi connectivity index (χ2n) is 24.9. The van der Waals surface area contributed by atoms with Gasteiger partial charge in [0.2, 0.25) is 0 Å². The molecule has 0 bridgehead atoms. The summed E-state index contributed by atoms with van der Waals surface area (Å²) in [7, 11) is 0. The monoisotopic (exact) mass is 1150 g/mol. The Hall–Kier alpha value is -2.63. The lowest BCUT2D eigenvalue weighted by Gasteiger charge is -2.18. The predicted octanol–water partition coefficient (Wildman–Crippen LogP) is 25.3. The molecular formula is C76H140O6. The Morgan fingerprint density at radius 2 is 0.451 bits per heavy atom. The summed E-state index contributed by atoms with van der Waals surface area (Å²) in [6.07, 6.45) is 90.2. The first-order chi connectivity index (χ1) is 40.5. The Morgan fingerprint density at radius 3 is 0.732 bits per heavy atom. The first-order valence-electron chi connectivity index (χ1n) is 36.6. The van der Waals surface area contributed by atoms with Gasteiger partial charge in [0, 0.05) is 19.3 Å². The van der Waals surface area contributed by atoms with Gasteiger partial charge in [0.25, 0.3) is 0 Å². The van der Waals surface area contributed by atoms with Crippen LogP contribution in [-0.4, -0.2) is 37.2 Å². The van der Waals surface area contributed by atoms with E-state index >= 15 is 0 Å². The second kappa shape index (κ2) is 70.9. The van der Waals surface area contributed by atoms with Crippen molar-refractivity contribution in [3.63, 3.8) is 0 Å². The molecule has 0 aromatic carbocycles. The highest BCUT2D eigenvalue weighted by molar-refractivity contribution is 5.71. The molecular weight excluding hydrogens is 1010 g/mol. The van der Waals surface area contributed by atoms with Crippen LogP contribution in [0.2, 0.25) is 0 Å². The molecule has 0 saturated carbocycles. The topological polar surface area (TPSA) is 78.9 Å². The molecule has 0 N–H and O–H groups in total. The maximum absolute atomic E-state index is 12.9. The van der Waals surface area contributed by atoms with E-state index in [4.69, 9.17) is 14.2 Å². The fourth-order valence-corrected chi connectivity index (χ4v) is 11.0. The molecule has 480 valence electrons. The molecule has 0 aliphatic carbocycles. The van der Waals surface area contributed by atoms with Gasteiger partial charge in [0.05, 0.1) is 0 Å². The third kappa shape index (κ3) is 68.2. The maximum Gasteiger partial charge on any atom is 0.306 e. The minimum absolute atomic E-state index is 0.0705. The van der Waals surface area contributed by atoms with Gasteiger partial charge in [-0.2, -0.15) is 0 Å². The first kappa shape index (κ1) is 79.4. The van der Waals surface area contributed by atoms with Crippen LogP contribution in [0.25, 0.3) is 0 Å². The van der Waals surface area contributed by atoms with Crippen molar-refractivity contribution in [2.45, 2.75) is 406 Å². The van der Waals surface area contributed by atoms with Gasteiger partial charge in [0.15, 0.2) is 6.10 Å². The highest BCUT2D eigenvalue weighted by Crippen LogP contribution is 2.19. The Kier molecular flexibility index (Phi) is 68.6. The second-order valence-corrected chi connectivity index (χ2v) is 24.9. The first-order valence-corrected chi connectivity index (χ1v) is 36.6. The van der Waals surface area contributed by atoms with Crippen LogP contribution in [-0.2, 0) is 28.6 Å². The molecule has 6 heteroatoms. The summed E-state index contributed by atoms with van der Waals surface area (Å²) in [5.41, 5.74) is 0.